The Morgan fingerprint density at radius 2 is 1.75 bits per heavy atom. The van der Waals surface area contributed by atoms with Crippen molar-refractivity contribution >= 4 is 17.4 Å². The van der Waals surface area contributed by atoms with Crippen LogP contribution < -0.4 is 0 Å². The van der Waals surface area contributed by atoms with E-state index in [4.69, 9.17) is 12.2 Å². The number of aliphatic hydroxyl groups is 2. The summed E-state index contributed by atoms with van der Waals surface area (Å²) in [6.45, 7) is 8.24. The normalized spacial score (nSPS) is 51.4. The van der Waals surface area contributed by atoms with E-state index in [1.165, 1.54) is 25.7 Å². The van der Waals surface area contributed by atoms with E-state index in [2.05, 4.69) is 30.9 Å². The molecule has 28 heavy (non-hydrogen) atoms. The van der Waals surface area contributed by atoms with Gasteiger partial charge in [0.2, 0.25) is 0 Å². The molecule has 0 aromatic heterocycles. The second-order valence-electron chi connectivity index (χ2n) is 11.2. The molecule has 3 nitrogen and oxygen atoms in total. The molecule has 4 saturated carbocycles. The number of thiocarbonyl (C=S) groups is 1. The van der Waals surface area contributed by atoms with Crippen LogP contribution in [0.2, 0.25) is 0 Å². The molecule has 4 fully saturated rings. The maximum atomic E-state index is 11.3. The van der Waals surface area contributed by atoms with Crippen LogP contribution in [0.1, 0.15) is 78.6 Å². The summed E-state index contributed by atoms with van der Waals surface area (Å²) in [6, 6.07) is 0. The van der Waals surface area contributed by atoms with Crippen LogP contribution in [-0.2, 0) is 0 Å². The zero-order valence-corrected chi connectivity index (χ0v) is 18.8. The number of hydrogen-bond donors (Lipinski definition) is 2. The van der Waals surface area contributed by atoms with E-state index >= 15 is 0 Å². The fraction of sp³-hybridized carbons (Fsp3) is 0.958. The van der Waals surface area contributed by atoms with E-state index in [-0.39, 0.29) is 12.2 Å². The largest absolute Gasteiger partial charge is 0.393 e. The van der Waals surface area contributed by atoms with Crippen LogP contribution in [0.3, 0.4) is 0 Å². The van der Waals surface area contributed by atoms with Crippen LogP contribution in [0.5, 0.6) is 0 Å². The molecular weight excluding hydrogens is 366 g/mol. The van der Waals surface area contributed by atoms with Gasteiger partial charge >= 0.3 is 0 Å². The Bertz CT molecular complexity index is 634. The highest BCUT2D eigenvalue weighted by Crippen LogP contribution is 2.68. The predicted molar refractivity (Wildman–Crippen MR) is 116 cm³/mol. The first-order chi connectivity index (χ1) is 13.3. The third kappa shape index (κ3) is 3.23. The zero-order valence-electron chi connectivity index (χ0n) is 17.9. The second kappa shape index (κ2) is 7.76. The molecular formula is C24H39NO2S. The Balaban J connectivity index is 1.55. The lowest BCUT2D eigenvalue weighted by Crippen LogP contribution is -2.58. The van der Waals surface area contributed by atoms with Gasteiger partial charge in [-0.3, -0.25) is 0 Å². The summed E-state index contributed by atoms with van der Waals surface area (Å²) in [7, 11) is 0. The molecule has 0 saturated heterocycles. The lowest BCUT2D eigenvalue weighted by Gasteiger charge is -2.62. The van der Waals surface area contributed by atoms with Gasteiger partial charge in [-0.1, -0.05) is 20.8 Å². The Kier molecular flexibility index (Phi) is 5.81. The van der Waals surface area contributed by atoms with E-state index in [0.29, 0.717) is 40.4 Å². The van der Waals surface area contributed by atoms with Crippen molar-refractivity contribution in [3.63, 3.8) is 0 Å². The first kappa shape index (κ1) is 21.0. The highest BCUT2D eigenvalue weighted by atomic mass is 32.1. The molecule has 2 N–H and O–H groups in total. The van der Waals surface area contributed by atoms with Gasteiger partial charge in [-0.05, 0) is 116 Å². The smallest absolute Gasteiger partial charge is 0.0584 e. The molecule has 0 radical (unpaired) electrons. The van der Waals surface area contributed by atoms with E-state index in [1.54, 1.807) is 0 Å². The van der Waals surface area contributed by atoms with Crippen LogP contribution in [0.4, 0.5) is 0 Å². The summed E-state index contributed by atoms with van der Waals surface area (Å²) in [5.41, 5.74) is 0.683. The summed E-state index contributed by atoms with van der Waals surface area (Å²) in [4.78, 5) is 4.15. The molecule has 4 aliphatic carbocycles. The van der Waals surface area contributed by atoms with Gasteiger partial charge in [0.15, 0.2) is 0 Å². The molecule has 158 valence electrons. The third-order valence-electron chi connectivity index (χ3n) is 10.2. The lowest BCUT2D eigenvalue weighted by atomic mass is 9.43. The van der Waals surface area contributed by atoms with Crippen LogP contribution in [0, 0.1) is 46.3 Å². The molecule has 4 heteroatoms. The highest BCUT2D eigenvalue weighted by Gasteiger charge is 2.62. The standard InChI is InChI=1S/C24H39NO2S/c1-15(8-11-25-14-28)18-4-5-19-22-20(7-10-24(18,19)3)23(2)9-6-17(26)12-16(23)13-21(22)27/h15-22,26-27H,4-13H2,1-3H3/t15-,16?,17-,18-,19+,20+,21-,22?,23?,24?/m1/s1. The molecule has 0 heterocycles. The number of nitrogens with zero attached hydrogens (tertiary/aromatic N) is 1. The highest BCUT2D eigenvalue weighted by molar-refractivity contribution is 7.78. The van der Waals surface area contributed by atoms with Gasteiger partial charge in [-0.15, -0.1) is 0 Å². The van der Waals surface area contributed by atoms with E-state index in [9.17, 15) is 10.2 Å². The summed E-state index contributed by atoms with van der Waals surface area (Å²) < 4.78 is 0. The van der Waals surface area contributed by atoms with Crippen LogP contribution in [0.25, 0.3) is 0 Å². The summed E-state index contributed by atoms with van der Waals surface area (Å²) >= 11 is 4.73. The van der Waals surface area contributed by atoms with Crippen molar-refractivity contribution in [2.45, 2.75) is 90.8 Å². The van der Waals surface area contributed by atoms with Crippen molar-refractivity contribution in [3.05, 3.63) is 0 Å². The molecule has 4 unspecified atom stereocenters. The number of aliphatic imine (C=N–C) groups is 1. The number of fused-ring (bicyclic) bond motifs is 5. The van der Waals surface area contributed by atoms with Gasteiger partial charge in [0.1, 0.15) is 0 Å². The lowest BCUT2D eigenvalue weighted by molar-refractivity contribution is -0.174. The van der Waals surface area contributed by atoms with E-state index < -0.39 is 0 Å². The van der Waals surface area contributed by atoms with Gasteiger partial charge in [-0.25, -0.2) is 4.99 Å². The maximum Gasteiger partial charge on any atom is 0.0584 e. The number of aliphatic hydroxyl groups excluding tert-OH is 2. The van der Waals surface area contributed by atoms with Crippen molar-refractivity contribution in [2.24, 2.45) is 51.3 Å². The fourth-order valence-corrected chi connectivity index (χ4v) is 8.78. The average molecular weight is 406 g/mol. The second-order valence-corrected chi connectivity index (χ2v) is 11.4. The van der Waals surface area contributed by atoms with Crippen LogP contribution in [-0.4, -0.2) is 34.1 Å². The molecule has 10 atom stereocenters. The number of hydrogen-bond acceptors (Lipinski definition) is 4. The van der Waals surface area contributed by atoms with Crippen molar-refractivity contribution in [3.8, 4) is 0 Å². The quantitative estimate of drug-likeness (QED) is 0.505. The summed E-state index contributed by atoms with van der Waals surface area (Å²) in [6.07, 6.45) is 9.84. The van der Waals surface area contributed by atoms with Crippen molar-refractivity contribution < 1.29 is 10.2 Å². The van der Waals surface area contributed by atoms with Crippen LogP contribution >= 0.6 is 12.2 Å². The third-order valence-corrected chi connectivity index (χ3v) is 10.3. The van der Waals surface area contributed by atoms with Gasteiger partial charge in [0.05, 0.1) is 17.4 Å². The minimum Gasteiger partial charge on any atom is -0.393 e. The van der Waals surface area contributed by atoms with Gasteiger partial charge in [0.25, 0.3) is 0 Å². The summed E-state index contributed by atoms with van der Waals surface area (Å²) in [5, 5.41) is 24.0. The van der Waals surface area contributed by atoms with Crippen molar-refractivity contribution in [1.82, 2.24) is 0 Å². The first-order valence-corrected chi connectivity index (χ1v) is 12.1. The van der Waals surface area contributed by atoms with Gasteiger partial charge < -0.3 is 10.2 Å². The number of rotatable bonds is 4. The molecule has 0 bridgehead atoms. The Hall–Kier alpha value is -0.280. The molecule has 0 amide bonds. The first-order valence-electron chi connectivity index (χ1n) is 11.7. The minimum atomic E-state index is -0.175. The molecule has 0 spiro atoms. The predicted octanol–water partition coefficient (Wildman–Crippen LogP) is 5.11. The van der Waals surface area contributed by atoms with Gasteiger partial charge in [0, 0.05) is 6.54 Å². The molecule has 0 aromatic rings. The molecule has 4 rings (SSSR count). The van der Waals surface area contributed by atoms with E-state index in [0.717, 1.165) is 44.6 Å². The Morgan fingerprint density at radius 3 is 2.50 bits per heavy atom. The van der Waals surface area contributed by atoms with Crippen LogP contribution in [0.15, 0.2) is 4.99 Å². The molecule has 0 aliphatic heterocycles. The van der Waals surface area contributed by atoms with Crippen molar-refractivity contribution in [2.75, 3.05) is 6.54 Å². The zero-order chi connectivity index (χ0) is 20.1. The average Bonchev–Trinajstić information content (AvgIpc) is 3.00. The number of isothiocyanates is 1. The topological polar surface area (TPSA) is 52.8 Å². The fourth-order valence-electron chi connectivity index (χ4n) is 8.69. The summed E-state index contributed by atoms with van der Waals surface area (Å²) in [5.74, 6) is 3.66. The molecule has 0 aromatic carbocycles. The van der Waals surface area contributed by atoms with Crippen molar-refractivity contribution in [1.29, 1.82) is 0 Å². The monoisotopic (exact) mass is 405 g/mol. The SMILES string of the molecule is C[C@H](CCN=C=S)[C@H]1CC[C@H]2C3[C@H](O)CC4C[C@H](O)CCC4(C)[C@H]3CCC12C. The molecule has 4 aliphatic rings. The van der Waals surface area contributed by atoms with E-state index in [1.807, 2.05) is 0 Å². The Morgan fingerprint density at radius 1 is 1.04 bits per heavy atom. The van der Waals surface area contributed by atoms with Gasteiger partial charge in [-0.2, -0.15) is 0 Å². The Labute approximate surface area is 176 Å². The maximum absolute atomic E-state index is 11.3. The minimum absolute atomic E-state index is 0.151.